The first-order chi connectivity index (χ1) is 6.42. The Hall–Kier alpha value is -1.70. The molecule has 2 nitrogen and oxygen atoms in total. The third-order valence-electron chi connectivity index (χ3n) is 2.09. The van der Waals surface area contributed by atoms with Crippen molar-refractivity contribution >= 4 is 10.9 Å². The highest BCUT2D eigenvalue weighted by Gasteiger charge is 1.96. The van der Waals surface area contributed by atoms with Crippen LogP contribution in [0.3, 0.4) is 0 Å². The van der Waals surface area contributed by atoms with Crippen molar-refractivity contribution in [2.24, 2.45) is 0 Å². The van der Waals surface area contributed by atoms with Crippen molar-refractivity contribution in [3.63, 3.8) is 0 Å². The number of hydrogen-bond acceptors (Lipinski definition) is 1. The molecule has 0 spiro atoms. The highest BCUT2D eigenvalue weighted by Crippen LogP contribution is 2.14. The van der Waals surface area contributed by atoms with Crippen molar-refractivity contribution < 1.29 is 5.11 Å². The number of fused-ring (bicyclic) bond motifs is 1. The molecule has 2 heteroatoms. The summed E-state index contributed by atoms with van der Waals surface area (Å²) in [6.45, 7) is 0.712. The van der Waals surface area contributed by atoms with E-state index in [1.807, 2.05) is 18.3 Å². The third-order valence-corrected chi connectivity index (χ3v) is 2.09. The minimum Gasteiger partial charge on any atom is -0.516 e. The molecule has 0 saturated carbocycles. The molecule has 1 N–H and O–H groups in total. The molecule has 0 fully saturated rings. The first kappa shape index (κ1) is 7.92. The molecule has 0 radical (unpaired) electrons. The van der Waals surface area contributed by atoms with Gasteiger partial charge in [0.1, 0.15) is 0 Å². The van der Waals surface area contributed by atoms with Gasteiger partial charge in [0, 0.05) is 18.3 Å². The van der Waals surface area contributed by atoms with Crippen LogP contribution in [0.15, 0.2) is 48.9 Å². The van der Waals surface area contributed by atoms with Crippen LogP contribution in [0.1, 0.15) is 0 Å². The Morgan fingerprint density at radius 3 is 2.92 bits per heavy atom. The maximum absolute atomic E-state index is 8.54. The van der Waals surface area contributed by atoms with E-state index in [0.29, 0.717) is 6.54 Å². The van der Waals surface area contributed by atoms with E-state index in [1.165, 1.54) is 10.9 Å². The maximum atomic E-state index is 8.54. The fourth-order valence-corrected chi connectivity index (χ4v) is 1.46. The Balaban J connectivity index is 2.45. The van der Waals surface area contributed by atoms with Gasteiger partial charge >= 0.3 is 0 Å². The first-order valence-corrected chi connectivity index (χ1v) is 4.25. The van der Waals surface area contributed by atoms with Crippen molar-refractivity contribution in [3.8, 4) is 0 Å². The molecule has 0 aliphatic carbocycles. The van der Waals surface area contributed by atoms with Crippen molar-refractivity contribution in [3.05, 3.63) is 48.9 Å². The summed E-state index contributed by atoms with van der Waals surface area (Å²) in [4.78, 5) is 0. The number of allylic oxidation sites excluding steroid dienone is 1. The quantitative estimate of drug-likeness (QED) is 0.694. The minimum atomic E-state index is 0.712. The second-order valence-electron chi connectivity index (χ2n) is 2.91. The third kappa shape index (κ3) is 1.43. The summed E-state index contributed by atoms with van der Waals surface area (Å²) >= 11 is 0. The van der Waals surface area contributed by atoms with Crippen LogP contribution in [-0.4, -0.2) is 9.67 Å². The zero-order chi connectivity index (χ0) is 9.10. The maximum Gasteiger partial charge on any atom is 0.0769 e. The van der Waals surface area contributed by atoms with E-state index in [4.69, 9.17) is 5.11 Å². The molecule has 1 aromatic heterocycles. The van der Waals surface area contributed by atoms with Crippen LogP contribution in [0.2, 0.25) is 0 Å². The average Bonchev–Trinajstić information content (AvgIpc) is 2.58. The lowest BCUT2D eigenvalue weighted by atomic mass is 10.2. The zero-order valence-corrected chi connectivity index (χ0v) is 7.22. The van der Waals surface area contributed by atoms with Crippen molar-refractivity contribution in [1.29, 1.82) is 0 Å². The van der Waals surface area contributed by atoms with Crippen LogP contribution < -0.4 is 0 Å². The number of benzene rings is 1. The molecule has 0 saturated heterocycles. The Labute approximate surface area is 76.7 Å². The average molecular weight is 173 g/mol. The molecule has 2 rings (SSSR count). The lowest BCUT2D eigenvalue weighted by molar-refractivity contribution is 0.469. The topological polar surface area (TPSA) is 25.2 Å². The summed E-state index contributed by atoms with van der Waals surface area (Å²) in [6, 6.07) is 10.3. The van der Waals surface area contributed by atoms with Crippen LogP contribution in [0, 0.1) is 0 Å². The van der Waals surface area contributed by atoms with Crippen molar-refractivity contribution in [1.82, 2.24) is 4.57 Å². The van der Waals surface area contributed by atoms with E-state index < -0.39 is 0 Å². The summed E-state index contributed by atoms with van der Waals surface area (Å²) in [6.07, 6.45) is 4.81. The fourth-order valence-electron chi connectivity index (χ4n) is 1.46. The molecular formula is C11H11NO. The van der Waals surface area contributed by atoms with Crippen molar-refractivity contribution in [2.75, 3.05) is 0 Å². The Morgan fingerprint density at radius 2 is 2.08 bits per heavy atom. The van der Waals surface area contributed by atoms with Crippen LogP contribution in [0.5, 0.6) is 0 Å². The SMILES string of the molecule is OC=CCn1ccc2ccccc21. The molecule has 66 valence electrons. The van der Waals surface area contributed by atoms with Gasteiger partial charge in [-0.2, -0.15) is 0 Å². The minimum absolute atomic E-state index is 0.712. The second-order valence-corrected chi connectivity index (χ2v) is 2.91. The van der Waals surface area contributed by atoms with Gasteiger partial charge in [0.15, 0.2) is 0 Å². The highest BCUT2D eigenvalue weighted by atomic mass is 16.2. The van der Waals surface area contributed by atoms with Gasteiger partial charge in [0.2, 0.25) is 0 Å². The predicted molar refractivity (Wildman–Crippen MR) is 53.7 cm³/mol. The van der Waals surface area contributed by atoms with Crippen LogP contribution in [0.25, 0.3) is 10.9 Å². The molecule has 0 unspecified atom stereocenters. The Morgan fingerprint density at radius 1 is 1.23 bits per heavy atom. The molecule has 1 heterocycles. The number of aliphatic hydroxyl groups excluding tert-OH is 1. The summed E-state index contributed by atoms with van der Waals surface area (Å²) < 4.78 is 2.09. The summed E-state index contributed by atoms with van der Waals surface area (Å²) in [5, 5.41) is 9.77. The normalized spacial score (nSPS) is 11.4. The number of aromatic nitrogens is 1. The number of hydrogen-bond donors (Lipinski definition) is 1. The fraction of sp³-hybridized carbons (Fsp3) is 0.0909. The molecule has 0 amide bonds. The number of nitrogens with zero attached hydrogens (tertiary/aromatic N) is 1. The number of rotatable bonds is 2. The number of aliphatic hydroxyl groups is 1. The lowest BCUT2D eigenvalue weighted by Gasteiger charge is -1.99. The molecule has 2 aromatic rings. The molecule has 0 aliphatic heterocycles. The van der Waals surface area contributed by atoms with Gasteiger partial charge in [-0.25, -0.2) is 0 Å². The molecule has 1 aromatic carbocycles. The van der Waals surface area contributed by atoms with E-state index in [0.717, 1.165) is 6.26 Å². The van der Waals surface area contributed by atoms with Gasteiger partial charge in [-0.3, -0.25) is 0 Å². The molecule has 0 aliphatic rings. The summed E-state index contributed by atoms with van der Waals surface area (Å²) in [7, 11) is 0. The van der Waals surface area contributed by atoms with E-state index in [2.05, 4.69) is 22.8 Å². The van der Waals surface area contributed by atoms with Crippen LogP contribution in [0.4, 0.5) is 0 Å². The van der Waals surface area contributed by atoms with Crippen molar-refractivity contribution in [2.45, 2.75) is 6.54 Å². The largest absolute Gasteiger partial charge is 0.516 e. The van der Waals surface area contributed by atoms with Crippen LogP contribution in [-0.2, 0) is 6.54 Å². The van der Waals surface area contributed by atoms with Gasteiger partial charge < -0.3 is 9.67 Å². The number of para-hydroxylation sites is 1. The van der Waals surface area contributed by atoms with E-state index >= 15 is 0 Å². The van der Waals surface area contributed by atoms with Gasteiger partial charge in [-0.05, 0) is 23.6 Å². The second kappa shape index (κ2) is 3.35. The highest BCUT2D eigenvalue weighted by molar-refractivity contribution is 5.79. The smallest absolute Gasteiger partial charge is 0.0769 e. The van der Waals surface area contributed by atoms with Gasteiger partial charge in [-0.1, -0.05) is 18.2 Å². The molecule has 13 heavy (non-hydrogen) atoms. The summed E-state index contributed by atoms with van der Waals surface area (Å²) in [5.41, 5.74) is 1.20. The standard InChI is InChI=1S/C11H11NO/c13-9-3-7-12-8-6-10-4-1-2-5-11(10)12/h1-6,8-9,13H,7H2. The van der Waals surface area contributed by atoms with Gasteiger partial charge in [-0.15, -0.1) is 0 Å². The van der Waals surface area contributed by atoms with E-state index in [1.54, 1.807) is 6.08 Å². The monoisotopic (exact) mass is 173 g/mol. The first-order valence-electron chi connectivity index (χ1n) is 4.25. The zero-order valence-electron chi connectivity index (χ0n) is 7.22. The Kier molecular flexibility index (Phi) is 2.04. The molecule has 0 bridgehead atoms. The van der Waals surface area contributed by atoms with Gasteiger partial charge in [0.05, 0.1) is 6.26 Å². The lowest BCUT2D eigenvalue weighted by Crippen LogP contribution is -1.91. The predicted octanol–water partition coefficient (Wildman–Crippen LogP) is 2.71. The molecule has 0 atom stereocenters. The Bertz CT molecular complexity index is 428. The van der Waals surface area contributed by atoms with E-state index in [-0.39, 0.29) is 0 Å². The van der Waals surface area contributed by atoms with Gasteiger partial charge in [0.25, 0.3) is 0 Å². The van der Waals surface area contributed by atoms with Crippen LogP contribution >= 0.6 is 0 Å². The van der Waals surface area contributed by atoms with E-state index in [9.17, 15) is 0 Å². The molecular weight excluding hydrogens is 162 g/mol. The summed E-state index contributed by atoms with van der Waals surface area (Å²) in [5.74, 6) is 0.